The molecule has 2 heterocycles. The number of morpholine rings is 1. The van der Waals surface area contributed by atoms with Gasteiger partial charge in [0.2, 0.25) is 0 Å². The van der Waals surface area contributed by atoms with Crippen LogP contribution in [0.4, 0.5) is 0 Å². The number of nitrogens with zero attached hydrogens (tertiary/aromatic N) is 2. The molecule has 1 atom stereocenters. The van der Waals surface area contributed by atoms with Gasteiger partial charge in [-0.15, -0.1) is 0 Å². The summed E-state index contributed by atoms with van der Waals surface area (Å²) in [5.41, 5.74) is 2.79. The van der Waals surface area contributed by atoms with Crippen molar-refractivity contribution in [2.45, 2.75) is 26.3 Å². The molecule has 0 aromatic heterocycles. The number of aliphatic hydroxyl groups excluding tert-OH is 1. The van der Waals surface area contributed by atoms with Crippen molar-refractivity contribution in [1.82, 2.24) is 9.80 Å². The highest BCUT2D eigenvalue weighted by Gasteiger charge is 2.46. The monoisotopic (exact) mass is 450 g/mol. The van der Waals surface area contributed by atoms with Crippen LogP contribution in [0, 0.1) is 13.8 Å². The number of benzene rings is 2. The van der Waals surface area contributed by atoms with Crippen LogP contribution >= 0.6 is 0 Å². The molecule has 0 saturated carbocycles. The molecule has 2 aliphatic heterocycles. The summed E-state index contributed by atoms with van der Waals surface area (Å²) in [6.07, 6.45) is 0.700. The third-order valence-electron chi connectivity index (χ3n) is 6.32. The third kappa shape index (κ3) is 4.79. The molecule has 2 saturated heterocycles. The minimum Gasteiger partial charge on any atom is -0.507 e. The Morgan fingerprint density at radius 1 is 1.00 bits per heavy atom. The topological polar surface area (TPSA) is 90.3 Å². The summed E-state index contributed by atoms with van der Waals surface area (Å²) < 4.78 is 5.39. The largest absolute Gasteiger partial charge is 0.507 e. The number of likely N-dealkylation sites (tertiary alicyclic amines) is 1. The van der Waals surface area contributed by atoms with Crippen LogP contribution in [0.3, 0.4) is 0 Å². The average molecular weight is 451 g/mol. The van der Waals surface area contributed by atoms with E-state index in [1.165, 1.54) is 6.07 Å². The first-order chi connectivity index (χ1) is 15.9. The second kappa shape index (κ2) is 9.77. The molecule has 4 rings (SSSR count). The Balaban J connectivity index is 1.70. The predicted octanol–water partition coefficient (Wildman–Crippen LogP) is 3.15. The van der Waals surface area contributed by atoms with E-state index < -0.39 is 17.7 Å². The molecule has 174 valence electrons. The molecule has 2 aromatic carbocycles. The smallest absolute Gasteiger partial charge is 0.295 e. The molecule has 2 N–H and O–H groups in total. The van der Waals surface area contributed by atoms with E-state index in [2.05, 4.69) is 4.90 Å². The van der Waals surface area contributed by atoms with Crippen LogP contribution in [0.25, 0.3) is 5.76 Å². The van der Waals surface area contributed by atoms with Crippen molar-refractivity contribution < 1.29 is 24.5 Å². The van der Waals surface area contributed by atoms with Crippen molar-refractivity contribution in [2.75, 3.05) is 39.4 Å². The van der Waals surface area contributed by atoms with Crippen molar-refractivity contribution in [3.05, 3.63) is 70.3 Å². The lowest BCUT2D eigenvalue weighted by Crippen LogP contribution is -2.38. The summed E-state index contributed by atoms with van der Waals surface area (Å²) in [6, 6.07) is 11.7. The lowest BCUT2D eigenvalue weighted by atomic mass is 9.94. The van der Waals surface area contributed by atoms with E-state index in [9.17, 15) is 19.8 Å². The van der Waals surface area contributed by atoms with Gasteiger partial charge in [-0.05, 0) is 38.0 Å². The number of carbonyl (C=O) groups excluding carboxylic acids is 2. The Morgan fingerprint density at radius 2 is 1.67 bits per heavy atom. The van der Waals surface area contributed by atoms with Gasteiger partial charge in [0, 0.05) is 26.2 Å². The zero-order valence-corrected chi connectivity index (χ0v) is 19.1. The number of hydrogen-bond donors (Lipinski definition) is 2. The summed E-state index contributed by atoms with van der Waals surface area (Å²) in [4.78, 5) is 30.0. The first kappa shape index (κ1) is 23.0. The fraction of sp³-hybridized carbons (Fsp3) is 0.385. The van der Waals surface area contributed by atoms with E-state index in [0.29, 0.717) is 26.2 Å². The van der Waals surface area contributed by atoms with Crippen molar-refractivity contribution >= 4 is 17.4 Å². The fourth-order valence-corrected chi connectivity index (χ4v) is 4.48. The Hall–Kier alpha value is -3.16. The molecule has 2 fully saturated rings. The van der Waals surface area contributed by atoms with E-state index in [1.54, 1.807) is 17.0 Å². The van der Waals surface area contributed by atoms with Gasteiger partial charge in [0.1, 0.15) is 11.5 Å². The molecule has 1 amide bonds. The molecule has 2 aliphatic rings. The van der Waals surface area contributed by atoms with Crippen molar-refractivity contribution in [3.8, 4) is 5.75 Å². The summed E-state index contributed by atoms with van der Waals surface area (Å²) in [5, 5.41) is 21.5. The number of hydrogen-bond acceptors (Lipinski definition) is 6. The number of phenolic OH excluding ortho intramolecular Hbond substituents is 1. The minimum absolute atomic E-state index is 0.0103. The van der Waals surface area contributed by atoms with E-state index >= 15 is 0 Å². The van der Waals surface area contributed by atoms with Gasteiger partial charge in [-0.2, -0.15) is 0 Å². The summed E-state index contributed by atoms with van der Waals surface area (Å²) >= 11 is 0. The van der Waals surface area contributed by atoms with Gasteiger partial charge in [-0.3, -0.25) is 14.5 Å². The molecule has 0 spiro atoms. The molecular weight excluding hydrogens is 420 g/mol. The summed E-state index contributed by atoms with van der Waals surface area (Å²) in [7, 11) is 0. The van der Waals surface area contributed by atoms with E-state index in [-0.39, 0.29) is 22.6 Å². The Bertz CT molecular complexity index is 1070. The normalized spacial score (nSPS) is 21.0. The second-order valence-electron chi connectivity index (χ2n) is 8.73. The summed E-state index contributed by atoms with van der Waals surface area (Å²) in [5.74, 6) is -1.85. The van der Waals surface area contributed by atoms with Gasteiger partial charge in [0.15, 0.2) is 0 Å². The number of rotatable bonds is 6. The molecule has 0 radical (unpaired) electrons. The number of aryl methyl sites for hydroxylation is 2. The van der Waals surface area contributed by atoms with Gasteiger partial charge in [0.05, 0.1) is 30.4 Å². The van der Waals surface area contributed by atoms with Gasteiger partial charge < -0.3 is 19.8 Å². The number of amides is 1. The van der Waals surface area contributed by atoms with Gasteiger partial charge in [0.25, 0.3) is 11.7 Å². The van der Waals surface area contributed by atoms with Crippen LogP contribution in [-0.4, -0.2) is 71.1 Å². The summed E-state index contributed by atoms with van der Waals surface area (Å²) in [6.45, 7) is 8.09. The number of carbonyl (C=O) groups is 2. The number of aromatic hydroxyl groups is 1. The number of Topliss-reactive ketones (excluding diaryl/α,β-unsaturated/α-hetero) is 1. The Labute approximate surface area is 193 Å². The van der Waals surface area contributed by atoms with Gasteiger partial charge in [-0.1, -0.05) is 41.5 Å². The highest BCUT2D eigenvalue weighted by Crippen LogP contribution is 2.41. The van der Waals surface area contributed by atoms with E-state index in [4.69, 9.17) is 4.74 Å². The number of aliphatic hydroxyl groups is 1. The highest BCUT2D eigenvalue weighted by atomic mass is 16.5. The Kier molecular flexibility index (Phi) is 6.81. The molecule has 33 heavy (non-hydrogen) atoms. The zero-order valence-electron chi connectivity index (χ0n) is 19.1. The van der Waals surface area contributed by atoms with Gasteiger partial charge >= 0.3 is 0 Å². The number of ether oxygens (including phenoxy) is 1. The average Bonchev–Trinajstić information content (AvgIpc) is 3.06. The maximum atomic E-state index is 13.1. The molecule has 0 aliphatic carbocycles. The minimum atomic E-state index is -0.731. The maximum Gasteiger partial charge on any atom is 0.295 e. The molecule has 2 aromatic rings. The molecule has 7 heteroatoms. The predicted molar refractivity (Wildman–Crippen MR) is 125 cm³/mol. The SMILES string of the molecule is Cc1ccc([C@@H]2C(=C(O)c3cc(C)ccc3O)C(=O)C(=O)N2CCCN2CCOCC2)cc1. The van der Waals surface area contributed by atoms with Crippen LogP contribution < -0.4 is 0 Å². The molecule has 0 unspecified atom stereocenters. The molecular formula is C26H30N2O5. The van der Waals surface area contributed by atoms with Crippen LogP contribution in [0.2, 0.25) is 0 Å². The second-order valence-corrected chi connectivity index (χ2v) is 8.73. The van der Waals surface area contributed by atoms with Crippen LogP contribution in [-0.2, 0) is 14.3 Å². The van der Waals surface area contributed by atoms with Crippen molar-refractivity contribution in [1.29, 1.82) is 0 Å². The van der Waals surface area contributed by atoms with Crippen LogP contribution in [0.1, 0.15) is 34.7 Å². The van der Waals surface area contributed by atoms with Crippen LogP contribution in [0.15, 0.2) is 48.0 Å². The third-order valence-corrected chi connectivity index (χ3v) is 6.32. The van der Waals surface area contributed by atoms with Gasteiger partial charge in [-0.25, -0.2) is 0 Å². The number of ketones is 1. The first-order valence-electron chi connectivity index (χ1n) is 11.3. The highest BCUT2D eigenvalue weighted by molar-refractivity contribution is 6.46. The van der Waals surface area contributed by atoms with Crippen molar-refractivity contribution in [3.63, 3.8) is 0 Å². The number of phenols is 1. The first-order valence-corrected chi connectivity index (χ1v) is 11.3. The molecule has 7 nitrogen and oxygen atoms in total. The van der Waals surface area contributed by atoms with E-state index in [0.717, 1.165) is 36.3 Å². The van der Waals surface area contributed by atoms with E-state index in [1.807, 2.05) is 38.1 Å². The fourth-order valence-electron chi connectivity index (χ4n) is 4.48. The molecule has 0 bridgehead atoms. The van der Waals surface area contributed by atoms with Crippen LogP contribution in [0.5, 0.6) is 5.75 Å². The standard InChI is InChI=1S/C26H30N2O5/c1-17-4-7-19(8-5-17)23-22(24(30)20-16-18(2)6-9-21(20)29)25(31)26(32)28(23)11-3-10-27-12-14-33-15-13-27/h4-9,16,23,29-30H,3,10-15H2,1-2H3/t23-/m1/s1. The lowest BCUT2D eigenvalue weighted by Gasteiger charge is -2.29. The zero-order chi connectivity index (χ0) is 23.5. The maximum absolute atomic E-state index is 13.1. The lowest BCUT2D eigenvalue weighted by molar-refractivity contribution is -0.140. The van der Waals surface area contributed by atoms with Crippen molar-refractivity contribution in [2.24, 2.45) is 0 Å². The Morgan fingerprint density at radius 3 is 2.36 bits per heavy atom. The quantitative estimate of drug-likeness (QED) is 0.399.